The second-order valence-electron chi connectivity index (χ2n) is 4.10. The van der Waals surface area contributed by atoms with Gasteiger partial charge in [-0.15, -0.1) is 0 Å². The molecule has 1 aromatic carbocycles. The van der Waals surface area contributed by atoms with Gasteiger partial charge in [-0.2, -0.15) is 0 Å². The zero-order valence-electron chi connectivity index (χ0n) is 10.9. The smallest absolute Gasteiger partial charge is 0.309 e. The average Bonchev–Trinajstić information content (AvgIpc) is 2.37. The SMILES string of the molecule is COCC(C)NC(=O)C(=O)NCc1ccccc1Cl. The summed E-state index contributed by atoms with van der Waals surface area (Å²) in [4.78, 5) is 23.1. The van der Waals surface area contributed by atoms with Gasteiger partial charge in [0.2, 0.25) is 0 Å². The fourth-order valence-corrected chi connectivity index (χ4v) is 1.68. The molecule has 19 heavy (non-hydrogen) atoms. The van der Waals surface area contributed by atoms with Gasteiger partial charge in [0, 0.05) is 24.7 Å². The Labute approximate surface area is 117 Å². The van der Waals surface area contributed by atoms with Crippen molar-refractivity contribution in [1.82, 2.24) is 10.6 Å². The van der Waals surface area contributed by atoms with E-state index in [4.69, 9.17) is 16.3 Å². The molecule has 0 aliphatic heterocycles. The predicted octanol–water partition coefficient (Wildman–Crippen LogP) is 1.11. The third-order valence-corrected chi connectivity index (χ3v) is 2.77. The van der Waals surface area contributed by atoms with Crippen molar-refractivity contribution in [2.75, 3.05) is 13.7 Å². The van der Waals surface area contributed by atoms with Gasteiger partial charge < -0.3 is 15.4 Å². The Hall–Kier alpha value is -1.59. The Morgan fingerprint density at radius 3 is 2.63 bits per heavy atom. The third kappa shape index (κ3) is 5.28. The second kappa shape index (κ2) is 7.76. The summed E-state index contributed by atoms with van der Waals surface area (Å²) < 4.78 is 4.87. The molecule has 1 rings (SSSR count). The molecular formula is C13H17ClN2O3. The number of halogens is 1. The van der Waals surface area contributed by atoms with E-state index in [-0.39, 0.29) is 12.6 Å². The van der Waals surface area contributed by atoms with Crippen molar-refractivity contribution in [3.8, 4) is 0 Å². The largest absolute Gasteiger partial charge is 0.383 e. The molecule has 0 heterocycles. The molecule has 1 aromatic rings. The summed E-state index contributed by atoms with van der Waals surface area (Å²) >= 11 is 5.94. The van der Waals surface area contributed by atoms with Crippen molar-refractivity contribution in [1.29, 1.82) is 0 Å². The summed E-state index contributed by atoms with van der Waals surface area (Å²) in [6.45, 7) is 2.32. The molecule has 1 atom stereocenters. The van der Waals surface area contributed by atoms with Crippen LogP contribution in [0.4, 0.5) is 0 Å². The van der Waals surface area contributed by atoms with Crippen LogP contribution in [0.25, 0.3) is 0 Å². The first-order valence-electron chi connectivity index (χ1n) is 5.85. The van der Waals surface area contributed by atoms with Gasteiger partial charge >= 0.3 is 11.8 Å². The Balaban J connectivity index is 2.43. The summed E-state index contributed by atoms with van der Waals surface area (Å²) in [6, 6.07) is 6.90. The number of rotatable bonds is 5. The standard InChI is InChI=1S/C13H17ClN2O3/c1-9(8-19-2)16-13(18)12(17)15-7-10-5-3-4-6-11(10)14/h3-6,9H,7-8H2,1-2H3,(H,15,17)(H,16,18). The van der Waals surface area contributed by atoms with Crippen LogP contribution in [0, 0.1) is 0 Å². The van der Waals surface area contributed by atoms with E-state index in [0.29, 0.717) is 11.6 Å². The quantitative estimate of drug-likeness (QED) is 0.796. The van der Waals surface area contributed by atoms with Crippen LogP contribution in [-0.4, -0.2) is 31.6 Å². The van der Waals surface area contributed by atoms with Gasteiger partial charge in [-0.25, -0.2) is 0 Å². The Morgan fingerprint density at radius 1 is 1.32 bits per heavy atom. The van der Waals surface area contributed by atoms with Crippen LogP contribution in [-0.2, 0) is 20.9 Å². The molecule has 2 amide bonds. The number of ether oxygens (including phenoxy) is 1. The minimum absolute atomic E-state index is 0.213. The third-order valence-electron chi connectivity index (χ3n) is 2.40. The van der Waals surface area contributed by atoms with Crippen LogP contribution in [0.15, 0.2) is 24.3 Å². The Morgan fingerprint density at radius 2 is 2.00 bits per heavy atom. The molecule has 0 saturated carbocycles. The van der Waals surface area contributed by atoms with Gasteiger partial charge in [-0.1, -0.05) is 29.8 Å². The molecular weight excluding hydrogens is 268 g/mol. The maximum absolute atomic E-state index is 11.6. The van der Waals surface area contributed by atoms with E-state index >= 15 is 0 Å². The molecule has 1 unspecified atom stereocenters. The summed E-state index contributed by atoms with van der Waals surface area (Å²) in [7, 11) is 1.53. The lowest BCUT2D eigenvalue weighted by atomic mass is 10.2. The van der Waals surface area contributed by atoms with Crippen molar-refractivity contribution in [2.45, 2.75) is 19.5 Å². The first-order chi connectivity index (χ1) is 9.04. The second-order valence-corrected chi connectivity index (χ2v) is 4.51. The van der Waals surface area contributed by atoms with Gasteiger partial charge in [0.05, 0.1) is 6.61 Å². The summed E-state index contributed by atoms with van der Waals surface area (Å²) in [5.74, 6) is -1.38. The van der Waals surface area contributed by atoms with E-state index in [2.05, 4.69) is 10.6 Å². The highest BCUT2D eigenvalue weighted by Gasteiger charge is 2.15. The Bertz CT molecular complexity index is 451. The monoisotopic (exact) mass is 284 g/mol. The number of carbonyl (C=O) groups excluding carboxylic acids is 2. The van der Waals surface area contributed by atoms with Gasteiger partial charge in [0.15, 0.2) is 0 Å². The van der Waals surface area contributed by atoms with Crippen LogP contribution in [0.2, 0.25) is 5.02 Å². The van der Waals surface area contributed by atoms with Crippen molar-refractivity contribution in [3.63, 3.8) is 0 Å². The summed E-state index contributed by atoms with van der Waals surface area (Å²) in [6.07, 6.45) is 0. The van der Waals surface area contributed by atoms with Gasteiger partial charge in [-0.3, -0.25) is 9.59 Å². The molecule has 0 bridgehead atoms. The molecule has 0 fully saturated rings. The first-order valence-corrected chi connectivity index (χ1v) is 6.23. The maximum atomic E-state index is 11.6. The summed E-state index contributed by atoms with van der Waals surface area (Å²) in [5.41, 5.74) is 0.759. The number of amides is 2. The summed E-state index contributed by atoms with van der Waals surface area (Å²) in [5, 5.41) is 5.59. The number of nitrogens with one attached hydrogen (secondary N) is 2. The van der Waals surface area contributed by atoms with Crippen LogP contribution in [0.1, 0.15) is 12.5 Å². The van der Waals surface area contributed by atoms with Crippen molar-refractivity contribution in [3.05, 3.63) is 34.9 Å². The highest BCUT2D eigenvalue weighted by molar-refractivity contribution is 6.35. The number of methoxy groups -OCH3 is 1. The molecule has 0 aliphatic carbocycles. The number of hydrogen-bond donors (Lipinski definition) is 2. The molecule has 2 N–H and O–H groups in total. The van der Waals surface area contributed by atoms with Gasteiger partial charge in [-0.05, 0) is 18.6 Å². The van der Waals surface area contributed by atoms with E-state index in [1.54, 1.807) is 25.1 Å². The van der Waals surface area contributed by atoms with E-state index in [9.17, 15) is 9.59 Å². The van der Waals surface area contributed by atoms with Crippen molar-refractivity contribution >= 4 is 23.4 Å². The van der Waals surface area contributed by atoms with Crippen LogP contribution >= 0.6 is 11.6 Å². The molecule has 0 saturated heterocycles. The fourth-order valence-electron chi connectivity index (χ4n) is 1.48. The lowest BCUT2D eigenvalue weighted by Crippen LogP contribution is -2.44. The van der Waals surface area contributed by atoms with Gasteiger partial charge in [0.25, 0.3) is 0 Å². The molecule has 104 valence electrons. The molecule has 6 heteroatoms. The normalized spacial score (nSPS) is 11.7. The zero-order valence-corrected chi connectivity index (χ0v) is 11.7. The highest BCUT2D eigenvalue weighted by atomic mass is 35.5. The van der Waals surface area contributed by atoms with Crippen LogP contribution < -0.4 is 10.6 Å². The maximum Gasteiger partial charge on any atom is 0.309 e. The molecule has 0 spiro atoms. The molecule has 0 aromatic heterocycles. The van der Waals surface area contributed by atoms with Crippen molar-refractivity contribution in [2.24, 2.45) is 0 Å². The van der Waals surface area contributed by atoms with Crippen LogP contribution in [0.5, 0.6) is 0 Å². The zero-order chi connectivity index (χ0) is 14.3. The molecule has 5 nitrogen and oxygen atoms in total. The van der Waals surface area contributed by atoms with Crippen molar-refractivity contribution < 1.29 is 14.3 Å². The number of benzene rings is 1. The lowest BCUT2D eigenvalue weighted by molar-refractivity contribution is -0.139. The lowest BCUT2D eigenvalue weighted by Gasteiger charge is -2.12. The number of carbonyl (C=O) groups is 2. The van der Waals surface area contributed by atoms with E-state index in [0.717, 1.165) is 5.56 Å². The average molecular weight is 285 g/mol. The van der Waals surface area contributed by atoms with E-state index < -0.39 is 11.8 Å². The van der Waals surface area contributed by atoms with Gasteiger partial charge in [0.1, 0.15) is 0 Å². The van der Waals surface area contributed by atoms with E-state index in [1.807, 2.05) is 6.07 Å². The molecule has 0 aliphatic rings. The number of hydrogen-bond acceptors (Lipinski definition) is 3. The minimum Gasteiger partial charge on any atom is -0.383 e. The van der Waals surface area contributed by atoms with E-state index in [1.165, 1.54) is 7.11 Å². The molecule has 0 radical (unpaired) electrons. The minimum atomic E-state index is -0.692. The Kier molecular flexibility index (Phi) is 6.32. The topological polar surface area (TPSA) is 67.4 Å². The predicted molar refractivity (Wildman–Crippen MR) is 72.8 cm³/mol. The first kappa shape index (κ1) is 15.5. The van der Waals surface area contributed by atoms with Crippen LogP contribution in [0.3, 0.4) is 0 Å². The highest BCUT2D eigenvalue weighted by Crippen LogP contribution is 2.14. The fraction of sp³-hybridized carbons (Fsp3) is 0.385.